The Labute approximate surface area is 135 Å². The molecule has 1 aliphatic rings. The van der Waals surface area contributed by atoms with E-state index in [0.717, 1.165) is 32.2 Å². The molecule has 4 heteroatoms. The molecule has 2 heterocycles. The lowest BCUT2D eigenvalue weighted by atomic mass is 10.2. The third-order valence-electron chi connectivity index (χ3n) is 4.01. The molecule has 2 nitrogen and oxygen atoms in total. The zero-order valence-corrected chi connectivity index (χ0v) is 14.5. The summed E-state index contributed by atoms with van der Waals surface area (Å²) < 4.78 is 0. The van der Waals surface area contributed by atoms with Gasteiger partial charge in [0.05, 0.1) is 0 Å². The summed E-state index contributed by atoms with van der Waals surface area (Å²) in [6.07, 6.45) is 2.73. The summed E-state index contributed by atoms with van der Waals surface area (Å²) in [6.45, 7) is 8.81. The van der Waals surface area contributed by atoms with Crippen molar-refractivity contribution in [3.05, 3.63) is 43.8 Å². The van der Waals surface area contributed by atoms with Crippen molar-refractivity contribution in [2.45, 2.75) is 52.4 Å². The summed E-state index contributed by atoms with van der Waals surface area (Å²) in [7, 11) is 0. The summed E-state index contributed by atoms with van der Waals surface area (Å²) in [5.41, 5.74) is 1.51. The number of thiophene rings is 2. The normalized spacial score (nSPS) is 15.0. The van der Waals surface area contributed by atoms with Gasteiger partial charge in [0.15, 0.2) is 0 Å². The third-order valence-corrected chi connectivity index (χ3v) is 5.97. The minimum atomic E-state index is 0.793. The molecular weight excluding hydrogens is 296 g/mol. The zero-order chi connectivity index (χ0) is 14.7. The van der Waals surface area contributed by atoms with Gasteiger partial charge in [-0.05, 0) is 49.4 Å². The fourth-order valence-electron chi connectivity index (χ4n) is 2.51. The van der Waals surface area contributed by atoms with E-state index in [1.54, 1.807) is 0 Å². The molecule has 1 aliphatic carbocycles. The number of nitrogens with zero attached hydrogens (tertiary/aromatic N) is 1. The molecule has 3 rings (SSSR count). The van der Waals surface area contributed by atoms with Crippen LogP contribution in [0.15, 0.2) is 23.6 Å². The lowest BCUT2D eigenvalue weighted by Gasteiger charge is -2.19. The second-order valence-electron chi connectivity index (χ2n) is 5.83. The second kappa shape index (κ2) is 7.05. The van der Waals surface area contributed by atoms with Gasteiger partial charge in [-0.1, -0.05) is 13.0 Å². The maximum absolute atomic E-state index is 3.62. The van der Waals surface area contributed by atoms with Crippen LogP contribution in [0.2, 0.25) is 0 Å². The molecule has 0 bridgehead atoms. The fraction of sp³-hybridized carbons (Fsp3) is 0.529. The van der Waals surface area contributed by atoms with Crippen LogP contribution in [-0.2, 0) is 19.6 Å². The van der Waals surface area contributed by atoms with E-state index in [9.17, 15) is 0 Å². The van der Waals surface area contributed by atoms with Crippen LogP contribution in [0, 0.1) is 6.92 Å². The van der Waals surface area contributed by atoms with Gasteiger partial charge in [-0.15, -0.1) is 22.7 Å². The van der Waals surface area contributed by atoms with Gasteiger partial charge in [0.2, 0.25) is 0 Å². The third kappa shape index (κ3) is 4.39. The van der Waals surface area contributed by atoms with E-state index in [4.69, 9.17) is 0 Å². The zero-order valence-electron chi connectivity index (χ0n) is 12.9. The summed E-state index contributed by atoms with van der Waals surface area (Å²) >= 11 is 3.81. The van der Waals surface area contributed by atoms with Crippen LogP contribution >= 0.6 is 22.7 Å². The van der Waals surface area contributed by atoms with Crippen molar-refractivity contribution < 1.29 is 0 Å². The van der Waals surface area contributed by atoms with E-state index < -0.39 is 0 Å². The Morgan fingerprint density at radius 1 is 1.29 bits per heavy atom. The molecule has 21 heavy (non-hydrogen) atoms. The Morgan fingerprint density at radius 2 is 2.14 bits per heavy atom. The van der Waals surface area contributed by atoms with Crippen molar-refractivity contribution in [2.24, 2.45) is 0 Å². The van der Waals surface area contributed by atoms with Gasteiger partial charge in [0, 0.05) is 40.3 Å². The predicted octanol–water partition coefficient (Wildman–Crippen LogP) is 4.39. The quantitative estimate of drug-likeness (QED) is 0.776. The van der Waals surface area contributed by atoms with Gasteiger partial charge < -0.3 is 5.32 Å². The van der Waals surface area contributed by atoms with Crippen LogP contribution in [0.4, 0.5) is 0 Å². The highest BCUT2D eigenvalue weighted by Crippen LogP contribution is 2.26. The van der Waals surface area contributed by atoms with E-state index in [2.05, 4.69) is 47.6 Å². The molecule has 1 fully saturated rings. The molecule has 0 saturated heterocycles. The van der Waals surface area contributed by atoms with Crippen molar-refractivity contribution in [1.82, 2.24) is 10.2 Å². The summed E-state index contributed by atoms with van der Waals surface area (Å²) in [4.78, 5) is 6.95. The van der Waals surface area contributed by atoms with Crippen molar-refractivity contribution in [3.63, 3.8) is 0 Å². The molecule has 1 saturated carbocycles. The molecular formula is C17H24N2S2. The molecule has 114 valence electrons. The maximum Gasteiger partial charge on any atom is 0.0331 e. The van der Waals surface area contributed by atoms with Crippen molar-refractivity contribution in [1.29, 1.82) is 0 Å². The minimum Gasteiger partial charge on any atom is -0.309 e. The highest BCUT2D eigenvalue weighted by atomic mass is 32.1. The van der Waals surface area contributed by atoms with Crippen molar-refractivity contribution in [2.75, 3.05) is 6.54 Å². The van der Waals surface area contributed by atoms with E-state index in [1.165, 1.54) is 33.0 Å². The highest BCUT2D eigenvalue weighted by molar-refractivity contribution is 7.12. The van der Waals surface area contributed by atoms with Crippen LogP contribution in [0.3, 0.4) is 0 Å². The van der Waals surface area contributed by atoms with Crippen LogP contribution in [-0.4, -0.2) is 17.5 Å². The van der Waals surface area contributed by atoms with Gasteiger partial charge in [0.25, 0.3) is 0 Å². The molecule has 0 atom stereocenters. The van der Waals surface area contributed by atoms with Crippen molar-refractivity contribution >= 4 is 22.7 Å². The molecule has 2 aromatic heterocycles. The van der Waals surface area contributed by atoms with Crippen LogP contribution < -0.4 is 5.32 Å². The Bertz CT molecular complexity index is 555. The first-order valence-corrected chi connectivity index (χ1v) is 9.50. The SMILES string of the molecule is CCN(Cc1cccs1)Cc1cc(CNC2CC2)sc1C. The van der Waals surface area contributed by atoms with Crippen molar-refractivity contribution in [3.8, 4) is 0 Å². The number of rotatable bonds is 8. The first kappa shape index (κ1) is 15.2. The average Bonchev–Trinajstić information content (AvgIpc) is 3.05. The first-order valence-electron chi connectivity index (χ1n) is 7.81. The van der Waals surface area contributed by atoms with E-state index in [-0.39, 0.29) is 0 Å². The largest absolute Gasteiger partial charge is 0.309 e. The standard InChI is InChI=1S/C17H24N2S2/c1-3-19(12-16-5-4-8-20-16)11-14-9-17(21-13(14)2)10-18-15-6-7-15/h4-5,8-9,15,18H,3,6-7,10-12H2,1-2H3. The molecule has 0 amide bonds. The topological polar surface area (TPSA) is 15.3 Å². The molecule has 0 radical (unpaired) electrons. The lowest BCUT2D eigenvalue weighted by Crippen LogP contribution is -2.21. The lowest BCUT2D eigenvalue weighted by molar-refractivity contribution is 0.273. The Hall–Kier alpha value is -0.680. The van der Waals surface area contributed by atoms with Gasteiger partial charge in [-0.25, -0.2) is 0 Å². The summed E-state index contributed by atoms with van der Waals surface area (Å²) in [5, 5.41) is 5.78. The predicted molar refractivity (Wildman–Crippen MR) is 93.0 cm³/mol. The molecule has 2 aromatic rings. The van der Waals surface area contributed by atoms with Crippen LogP contribution in [0.5, 0.6) is 0 Å². The Balaban J connectivity index is 1.59. The second-order valence-corrected chi connectivity index (χ2v) is 8.21. The number of hydrogen-bond donors (Lipinski definition) is 1. The monoisotopic (exact) mass is 320 g/mol. The summed E-state index contributed by atoms with van der Waals surface area (Å²) in [6, 6.07) is 7.58. The highest BCUT2D eigenvalue weighted by Gasteiger charge is 2.20. The number of hydrogen-bond acceptors (Lipinski definition) is 4. The van der Waals surface area contributed by atoms with Gasteiger partial charge in [-0.2, -0.15) is 0 Å². The molecule has 0 aromatic carbocycles. The number of aryl methyl sites for hydroxylation is 1. The van der Waals surface area contributed by atoms with Crippen LogP contribution in [0.25, 0.3) is 0 Å². The van der Waals surface area contributed by atoms with Gasteiger partial charge >= 0.3 is 0 Å². The van der Waals surface area contributed by atoms with Crippen LogP contribution in [0.1, 0.15) is 40.0 Å². The fourth-order valence-corrected chi connectivity index (χ4v) is 4.26. The first-order chi connectivity index (χ1) is 10.2. The molecule has 0 spiro atoms. The smallest absolute Gasteiger partial charge is 0.0331 e. The van der Waals surface area contributed by atoms with E-state index in [1.807, 2.05) is 22.7 Å². The molecule has 1 N–H and O–H groups in total. The summed E-state index contributed by atoms with van der Waals surface area (Å²) in [5.74, 6) is 0. The molecule has 0 unspecified atom stereocenters. The van der Waals surface area contributed by atoms with E-state index in [0.29, 0.717) is 0 Å². The number of nitrogens with one attached hydrogen (secondary N) is 1. The maximum atomic E-state index is 3.62. The average molecular weight is 321 g/mol. The van der Waals surface area contributed by atoms with E-state index >= 15 is 0 Å². The Morgan fingerprint density at radius 3 is 2.81 bits per heavy atom. The minimum absolute atomic E-state index is 0.793. The molecule has 0 aliphatic heterocycles. The van der Waals surface area contributed by atoms with Gasteiger partial charge in [0.1, 0.15) is 0 Å². The Kier molecular flexibility index (Phi) is 5.11. The van der Waals surface area contributed by atoms with Gasteiger partial charge in [-0.3, -0.25) is 4.90 Å².